The van der Waals surface area contributed by atoms with Gasteiger partial charge >= 0.3 is 0 Å². The number of amides is 1. The number of nitrogens with one attached hydrogen (secondary N) is 1. The van der Waals surface area contributed by atoms with E-state index < -0.39 is 0 Å². The number of fused-ring (bicyclic) bond motifs is 1. The maximum atomic E-state index is 13.6. The maximum absolute atomic E-state index is 13.6. The van der Waals surface area contributed by atoms with Crippen molar-refractivity contribution in [1.82, 2.24) is 15.4 Å². The number of anilines is 1. The highest BCUT2D eigenvalue weighted by molar-refractivity contribution is 5.88. The van der Waals surface area contributed by atoms with Crippen molar-refractivity contribution in [3.8, 4) is 0 Å². The Labute approximate surface area is 176 Å². The van der Waals surface area contributed by atoms with Gasteiger partial charge < -0.3 is 20.5 Å². The first kappa shape index (κ1) is 21.1. The summed E-state index contributed by atoms with van der Waals surface area (Å²) in [5, 5.41) is 8.39. The van der Waals surface area contributed by atoms with Crippen LogP contribution in [-0.2, 0) is 4.79 Å². The number of hydrogen-bond donors (Lipinski definition) is 2. The number of benzene rings is 1. The molecular formula is C22H32FN5O2. The average molecular weight is 418 g/mol. The first-order valence-corrected chi connectivity index (χ1v) is 11.1. The molecule has 0 radical (unpaired) electrons. The second-order valence-corrected chi connectivity index (χ2v) is 8.65. The number of piperazine rings is 1. The van der Waals surface area contributed by atoms with Gasteiger partial charge in [0.25, 0.3) is 0 Å². The Hall–Kier alpha value is -2.19. The zero-order valence-electron chi connectivity index (χ0n) is 17.5. The van der Waals surface area contributed by atoms with E-state index in [9.17, 15) is 9.18 Å². The molecule has 30 heavy (non-hydrogen) atoms. The number of nitrogens with zero attached hydrogens (tertiary/aromatic N) is 3. The molecule has 1 amide bonds. The van der Waals surface area contributed by atoms with Gasteiger partial charge in [-0.05, 0) is 62.8 Å². The summed E-state index contributed by atoms with van der Waals surface area (Å²) >= 11 is 0. The van der Waals surface area contributed by atoms with Crippen LogP contribution in [0.15, 0.2) is 22.7 Å². The molecule has 3 N–H and O–H groups in total. The number of aromatic nitrogens is 1. The smallest absolute Gasteiger partial charge is 0.218 e. The van der Waals surface area contributed by atoms with Crippen molar-refractivity contribution in [2.75, 3.05) is 44.2 Å². The zero-order valence-corrected chi connectivity index (χ0v) is 17.5. The van der Waals surface area contributed by atoms with E-state index in [2.05, 4.69) is 20.3 Å². The highest BCUT2D eigenvalue weighted by Gasteiger charge is 2.24. The van der Waals surface area contributed by atoms with Gasteiger partial charge in [-0.25, -0.2) is 4.39 Å². The Morgan fingerprint density at radius 2 is 1.97 bits per heavy atom. The Morgan fingerprint density at radius 3 is 2.70 bits per heavy atom. The van der Waals surface area contributed by atoms with Crippen LogP contribution in [0.5, 0.6) is 0 Å². The van der Waals surface area contributed by atoms with Crippen LogP contribution in [0.4, 0.5) is 10.2 Å². The van der Waals surface area contributed by atoms with Crippen molar-refractivity contribution in [2.24, 2.45) is 11.7 Å². The molecule has 2 aliphatic rings. The van der Waals surface area contributed by atoms with Crippen molar-refractivity contribution in [1.29, 1.82) is 0 Å². The number of carbonyl (C=O) groups is 1. The minimum atomic E-state index is -0.261. The summed E-state index contributed by atoms with van der Waals surface area (Å²) in [6.07, 6.45) is 6.55. The fraction of sp³-hybridized carbons (Fsp3) is 0.636. The molecule has 164 valence electrons. The number of primary amides is 1. The topological polar surface area (TPSA) is 87.6 Å². The van der Waals surface area contributed by atoms with Gasteiger partial charge in [0, 0.05) is 45.2 Å². The van der Waals surface area contributed by atoms with Crippen LogP contribution >= 0.6 is 0 Å². The number of carbonyl (C=O) groups excluding carboxylic acids is 1. The van der Waals surface area contributed by atoms with E-state index in [1.807, 2.05) is 0 Å². The number of nitrogens with two attached hydrogens (primary N) is 1. The molecule has 7 nitrogen and oxygen atoms in total. The first-order valence-electron chi connectivity index (χ1n) is 11.1. The van der Waals surface area contributed by atoms with Gasteiger partial charge in [-0.1, -0.05) is 5.16 Å². The predicted octanol–water partition coefficient (Wildman–Crippen LogP) is 2.50. The second-order valence-electron chi connectivity index (χ2n) is 8.65. The van der Waals surface area contributed by atoms with E-state index in [1.54, 1.807) is 6.07 Å². The molecule has 0 bridgehead atoms. The van der Waals surface area contributed by atoms with Crippen LogP contribution in [0, 0.1) is 11.7 Å². The molecule has 4 rings (SSSR count). The van der Waals surface area contributed by atoms with Crippen LogP contribution < -0.4 is 16.0 Å². The Kier molecular flexibility index (Phi) is 6.84. The molecule has 0 spiro atoms. The Bertz CT molecular complexity index is 841. The third-order valence-corrected chi connectivity index (χ3v) is 6.59. The lowest BCUT2D eigenvalue weighted by Gasteiger charge is -2.36. The molecule has 2 heterocycles. The molecule has 1 aliphatic carbocycles. The Balaban J connectivity index is 1.17. The maximum Gasteiger partial charge on any atom is 0.218 e. The summed E-state index contributed by atoms with van der Waals surface area (Å²) in [5.41, 5.74) is 5.83. The lowest BCUT2D eigenvalue weighted by molar-refractivity contribution is -0.117. The van der Waals surface area contributed by atoms with E-state index in [1.165, 1.54) is 44.2 Å². The van der Waals surface area contributed by atoms with E-state index in [-0.39, 0.29) is 11.7 Å². The summed E-state index contributed by atoms with van der Waals surface area (Å²) in [6.45, 7) is 5.58. The second kappa shape index (κ2) is 9.75. The van der Waals surface area contributed by atoms with Crippen molar-refractivity contribution < 1.29 is 13.7 Å². The van der Waals surface area contributed by atoms with Crippen molar-refractivity contribution >= 4 is 22.7 Å². The molecule has 1 aromatic heterocycles. The van der Waals surface area contributed by atoms with Gasteiger partial charge in [0.1, 0.15) is 5.82 Å². The summed E-state index contributed by atoms with van der Waals surface area (Å²) in [7, 11) is 0. The molecule has 2 fully saturated rings. The molecule has 2 aromatic rings. The molecule has 0 unspecified atom stereocenters. The molecular weight excluding hydrogens is 385 g/mol. The predicted molar refractivity (Wildman–Crippen MR) is 115 cm³/mol. The highest BCUT2D eigenvalue weighted by atomic mass is 19.1. The van der Waals surface area contributed by atoms with E-state index in [0.29, 0.717) is 24.6 Å². The van der Waals surface area contributed by atoms with Crippen LogP contribution in [0.2, 0.25) is 0 Å². The molecule has 1 saturated heterocycles. The van der Waals surface area contributed by atoms with E-state index in [0.717, 1.165) is 49.8 Å². The monoisotopic (exact) mass is 417 g/mol. The summed E-state index contributed by atoms with van der Waals surface area (Å²) in [4.78, 5) is 15.6. The highest BCUT2D eigenvalue weighted by Crippen LogP contribution is 2.29. The van der Waals surface area contributed by atoms with E-state index in [4.69, 9.17) is 10.3 Å². The molecule has 1 aliphatic heterocycles. The fourth-order valence-electron chi connectivity index (χ4n) is 4.73. The molecule has 0 atom stereocenters. The quantitative estimate of drug-likeness (QED) is 0.686. The van der Waals surface area contributed by atoms with Gasteiger partial charge in [-0.2, -0.15) is 0 Å². The zero-order chi connectivity index (χ0) is 20.9. The molecule has 1 aromatic carbocycles. The summed E-state index contributed by atoms with van der Waals surface area (Å²) < 4.78 is 19.0. The lowest BCUT2D eigenvalue weighted by Crippen LogP contribution is -2.47. The lowest BCUT2D eigenvalue weighted by atomic mass is 9.84. The van der Waals surface area contributed by atoms with Crippen molar-refractivity contribution in [3.63, 3.8) is 0 Å². The van der Waals surface area contributed by atoms with Gasteiger partial charge in [-0.3, -0.25) is 9.69 Å². The number of halogens is 1. The third kappa shape index (κ3) is 5.29. The largest absolute Gasteiger partial charge is 0.370 e. The van der Waals surface area contributed by atoms with Gasteiger partial charge in [0.15, 0.2) is 11.4 Å². The minimum absolute atomic E-state index is 0.236. The van der Waals surface area contributed by atoms with Crippen LogP contribution in [0.1, 0.15) is 38.5 Å². The third-order valence-electron chi connectivity index (χ3n) is 6.59. The van der Waals surface area contributed by atoms with Gasteiger partial charge in [-0.15, -0.1) is 0 Å². The van der Waals surface area contributed by atoms with Crippen LogP contribution in [0.25, 0.3) is 11.0 Å². The number of rotatable bonds is 8. The van der Waals surface area contributed by atoms with Crippen LogP contribution in [-0.4, -0.2) is 61.3 Å². The summed E-state index contributed by atoms with van der Waals surface area (Å²) in [6, 6.07) is 5.08. The van der Waals surface area contributed by atoms with Crippen molar-refractivity contribution in [3.05, 3.63) is 24.0 Å². The Morgan fingerprint density at radius 1 is 1.20 bits per heavy atom. The first-order chi connectivity index (χ1) is 14.6. The average Bonchev–Trinajstić information content (AvgIpc) is 3.16. The van der Waals surface area contributed by atoms with Crippen molar-refractivity contribution in [2.45, 2.75) is 44.6 Å². The SMILES string of the molecule is NC(=O)CCNC1CCC(CCN2CCN(c3noc4ccc(F)cc34)CC2)CC1. The summed E-state index contributed by atoms with van der Waals surface area (Å²) in [5.74, 6) is 1.05. The van der Waals surface area contributed by atoms with Gasteiger partial charge in [0.2, 0.25) is 5.91 Å². The fourth-order valence-corrected chi connectivity index (χ4v) is 4.73. The minimum Gasteiger partial charge on any atom is -0.370 e. The normalized spacial score (nSPS) is 23.2. The van der Waals surface area contributed by atoms with Gasteiger partial charge in [0.05, 0.1) is 5.39 Å². The molecule has 8 heteroatoms. The van der Waals surface area contributed by atoms with Crippen LogP contribution in [0.3, 0.4) is 0 Å². The van der Waals surface area contributed by atoms with E-state index >= 15 is 0 Å². The number of hydrogen-bond acceptors (Lipinski definition) is 6. The molecule has 1 saturated carbocycles. The standard InChI is InChI=1S/C22H32FN5O2/c23-17-3-6-20-19(15-17)22(26-30-20)28-13-11-27(12-14-28)10-8-16-1-4-18(5-2-16)25-9-7-21(24)29/h3,6,15-16,18,25H,1-2,4-5,7-14H2,(H2,24,29).